The molecule has 0 unspecified atom stereocenters. The number of aryl methyl sites for hydroxylation is 1. The smallest absolute Gasteiger partial charge is 0.276 e. The zero-order valence-corrected chi connectivity index (χ0v) is 11.8. The summed E-state index contributed by atoms with van der Waals surface area (Å²) in [5.41, 5.74) is -0.801. The molecule has 0 aromatic carbocycles. The van der Waals surface area contributed by atoms with Gasteiger partial charge < -0.3 is 0 Å². The van der Waals surface area contributed by atoms with E-state index >= 15 is 0 Å². The highest BCUT2D eigenvalue weighted by Gasteiger charge is 2.22. The first-order valence-electron chi connectivity index (χ1n) is 6.18. The molecule has 0 aliphatic carbocycles. The highest BCUT2D eigenvalue weighted by atomic mass is 19.3. The predicted octanol–water partition coefficient (Wildman–Crippen LogP) is 1.75. The Morgan fingerprint density at radius 3 is 2.50 bits per heavy atom. The first-order chi connectivity index (χ1) is 9.21. The van der Waals surface area contributed by atoms with Gasteiger partial charge in [-0.15, -0.1) is 0 Å². The molecular weight excluding hydrogens is 268 g/mol. The molecule has 2 heterocycles. The van der Waals surface area contributed by atoms with E-state index in [9.17, 15) is 13.6 Å². The maximum atomic E-state index is 12.8. The Bertz CT molecular complexity index is 662. The van der Waals surface area contributed by atoms with Crippen LogP contribution in [0.15, 0.2) is 17.2 Å². The molecule has 0 N–H and O–H groups in total. The van der Waals surface area contributed by atoms with Gasteiger partial charge in [0.2, 0.25) is 0 Å². The topological polar surface area (TPSA) is 57.6 Å². The molecule has 20 heavy (non-hydrogen) atoms. The van der Waals surface area contributed by atoms with Crippen LogP contribution in [0.25, 0.3) is 0 Å². The molecule has 0 fully saturated rings. The Labute approximate surface area is 114 Å². The average Bonchev–Trinajstić information content (AvgIpc) is 2.88. The summed E-state index contributed by atoms with van der Waals surface area (Å²) >= 11 is 0. The quantitative estimate of drug-likeness (QED) is 0.863. The molecule has 0 aliphatic heterocycles. The van der Waals surface area contributed by atoms with Gasteiger partial charge in [-0.05, 0) is 27.7 Å². The summed E-state index contributed by atoms with van der Waals surface area (Å²) in [6, 6.07) is 0. The number of hydrogen-bond donors (Lipinski definition) is 0. The third kappa shape index (κ3) is 2.50. The molecule has 0 spiro atoms. The van der Waals surface area contributed by atoms with Gasteiger partial charge in [-0.2, -0.15) is 13.9 Å². The largest absolute Gasteiger partial charge is 0.346 e. The Hall–Kier alpha value is -1.99. The number of halogens is 2. The lowest BCUT2D eigenvalue weighted by atomic mass is 10.1. The van der Waals surface area contributed by atoms with Crippen LogP contribution in [-0.4, -0.2) is 23.9 Å². The van der Waals surface area contributed by atoms with Crippen molar-refractivity contribution < 1.29 is 8.78 Å². The lowest BCUT2D eigenvalue weighted by Gasteiger charge is -2.16. The third-order valence-electron chi connectivity index (χ3n) is 2.94. The van der Waals surface area contributed by atoms with Gasteiger partial charge >= 0.3 is 12.2 Å². The Balaban J connectivity index is 2.43. The number of nitrogens with zero attached hydrogens (tertiary/aromatic N) is 5. The molecule has 0 amide bonds. The normalized spacial score (nSPS) is 12.3. The fraction of sp³-hybridized carbons (Fsp3) is 0.583. The minimum atomic E-state index is -2.68. The molecule has 110 valence electrons. The van der Waals surface area contributed by atoms with Crippen LogP contribution >= 0.6 is 0 Å². The van der Waals surface area contributed by atoms with Crippen molar-refractivity contribution in [3.8, 4) is 0 Å². The molecule has 8 heteroatoms. The summed E-state index contributed by atoms with van der Waals surface area (Å²) in [4.78, 5) is 16.2. The number of aromatic nitrogens is 5. The molecule has 2 rings (SSSR count). The molecular formula is C12H17F2N5O. The van der Waals surface area contributed by atoms with E-state index in [2.05, 4.69) is 10.1 Å². The minimum absolute atomic E-state index is 0.0297. The van der Waals surface area contributed by atoms with Crippen LogP contribution < -0.4 is 5.69 Å². The molecule has 2 aromatic heterocycles. The highest BCUT2D eigenvalue weighted by molar-refractivity contribution is 4.97. The first-order valence-corrected chi connectivity index (χ1v) is 6.18. The standard InChI is InChI=1S/C12H17F2N5O/c1-8-16-19(12(2,3)4)11(20)18(8)7-9-15-5-6-17(9)10(13)14/h5-6,10H,7H2,1-4H3. The number of rotatable bonds is 3. The number of hydrogen-bond acceptors (Lipinski definition) is 3. The monoisotopic (exact) mass is 285 g/mol. The van der Waals surface area contributed by atoms with Crippen molar-refractivity contribution in [2.45, 2.75) is 46.3 Å². The summed E-state index contributed by atoms with van der Waals surface area (Å²) in [6.45, 7) is 4.51. The molecule has 0 atom stereocenters. The van der Waals surface area contributed by atoms with Crippen molar-refractivity contribution in [2.24, 2.45) is 0 Å². The van der Waals surface area contributed by atoms with Gasteiger partial charge in [0.05, 0.1) is 12.1 Å². The van der Waals surface area contributed by atoms with Crippen LogP contribution in [0.2, 0.25) is 0 Å². The van der Waals surface area contributed by atoms with Gasteiger partial charge in [-0.1, -0.05) is 0 Å². The van der Waals surface area contributed by atoms with Crippen molar-refractivity contribution in [3.05, 3.63) is 34.5 Å². The Kier molecular flexibility index (Phi) is 3.49. The zero-order valence-electron chi connectivity index (χ0n) is 11.8. The summed E-state index contributed by atoms with van der Waals surface area (Å²) in [6.07, 6.45) is 2.48. The lowest BCUT2D eigenvalue weighted by Crippen LogP contribution is -2.36. The van der Waals surface area contributed by atoms with E-state index in [4.69, 9.17) is 0 Å². The number of alkyl halides is 2. The second kappa shape index (κ2) is 4.84. The summed E-state index contributed by atoms with van der Waals surface area (Å²) < 4.78 is 29.0. The zero-order chi connectivity index (χ0) is 15.1. The van der Waals surface area contributed by atoms with Crippen LogP contribution in [0.4, 0.5) is 8.78 Å². The Morgan fingerprint density at radius 2 is 2.00 bits per heavy atom. The van der Waals surface area contributed by atoms with Gasteiger partial charge in [-0.3, -0.25) is 9.13 Å². The van der Waals surface area contributed by atoms with Crippen LogP contribution in [0.5, 0.6) is 0 Å². The summed E-state index contributed by atoms with van der Waals surface area (Å²) in [5, 5.41) is 4.18. The lowest BCUT2D eigenvalue weighted by molar-refractivity contribution is 0.0666. The van der Waals surface area contributed by atoms with Crippen molar-refractivity contribution >= 4 is 0 Å². The summed E-state index contributed by atoms with van der Waals surface area (Å²) in [7, 11) is 0. The molecule has 0 radical (unpaired) electrons. The van der Waals surface area contributed by atoms with E-state index in [-0.39, 0.29) is 18.1 Å². The van der Waals surface area contributed by atoms with Crippen LogP contribution in [0.3, 0.4) is 0 Å². The van der Waals surface area contributed by atoms with E-state index in [0.717, 1.165) is 4.57 Å². The molecule has 0 saturated carbocycles. The second-order valence-corrected chi connectivity index (χ2v) is 5.53. The van der Waals surface area contributed by atoms with E-state index in [1.165, 1.54) is 21.6 Å². The van der Waals surface area contributed by atoms with Gasteiger partial charge in [-0.25, -0.2) is 14.5 Å². The molecule has 0 saturated heterocycles. The molecule has 0 bridgehead atoms. The SMILES string of the molecule is Cc1nn(C(C)(C)C)c(=O)n1Cc1nccn1C(F)F. The highest BCUT2D eigenvalue weighted by Crippen LogP contribution is 2.14. The van der Waals surface area contributed by atoms with Crippen molar-refractivity contribution in [2.75, 3.05) is 0 Å². The fourth-order valence-corrected chi connectivity index (χ4v) is 1.90. The maximum Gasteiger partial charge on any atom is 0.346 e. The second-order valence-electron chi connectivity index (χ2n) is 5.53. The first kappa shape index (κ1) is 14.4. The Morgan fingerprint density at radius 1 is 1.35 bits per heavy atom. The van der Waals surface area contributed by atoms with Crippen molar-refractivity contribution in [1.82, 2.24) is 23.9 Å². The molecule has 6 nitrogen and oxygen atoms in total. The van der Waals surface area contributed by atoms with Gasteiger partial charge in [0, 0.05) is 12.4 Å². The minimum Gasteiger partial charge on any atom is -0.276 e. The van der Waals surface area contributed by atoms with Gasteiger partial charge in [0.25, 0.3) is 0 Å². The number of imidazole rings is 1. The van der Waals surface area contributed by atoms with Crippen molar-refractivity contribution in [1.29, 1.82) is 0 Å². The van der Waals surface area contributed by atoms with E-state index in [1.54, 1.807) is 6.92 Å². The maximum absolute atomic E-state index is 12.8. The molecule has 0 aliphatic rings. The van der Waals surface area contributed by atoms with Crippen LogP contribution in [-0.2, 0) is 12.1 Å². The van der Waals surface area contributed by atoms with Gasteiger partial charge in [0.1, 0.15) is 11.6 Å². The average molecular weight is 285 g/mol. The van der Waals surface area contributed by atoms with Crippen molar-refractivity contribution in [3.63, 3.8) is 0 Å². The van der Waals surface area contributed by atoms with Crippen LogP contribution in [0.1, 0.15) is 39.0 Å². The third-order valence-corrected chi connectivity index (χ3v) is 2.94. The molecule has 2 aromatic rings. The fourth-order valence-electron chi connectivity index (χ4n) is 1.90. The summed E-state index contributed by atoms with van der Waals surface area (Å²) in [5.74, 6) is 0.590. The van der Waals surface area contributed by atoms with Crippen LogP contribution in [0, 0.1) is 6.92 Å². The van der Waals surface area contributed by atoms with E-state index < -0.39 is 12.1 Å². The predicted molar refractivity (Wildman–Crippen MR) is 68.8 cm³/mol. The van der Waals surface area contributed by atoms with E-state index in [0.29, 0.717) is 5.82 Å². The van der Waals surface area contributed by atoms with Gasteiger partial charge in [0.15, 0.2) is 0 Å². The van der Waals surface area contributed by atoms with E-state index in [1.807, 2.05) is 20.8 Å².